The molecule has 0 unspecified atom stereocenters. The van der Waals surface area contributed by atoms with Gasteiger partial charge in [-0.1, -0.05) is 20.8 Å². The molecule has 2 saturated heterocycles. The normalized spacial score (nSPS) is 31.6. The van der Waals surface area contributed by atoms with Crippen LogP contribution in [0.15, 0.2) is 18.2 Å². The van der Waals surface area contributed by atoms with Crippen LogP contribution in [0.1, 0.15) is 71.3 Å². The van der Waals surface area contributed by atoms with E-state index in [-0.39, 0.29) is 28.5 Å². The molecule has 170 valence electrons. The highest BCUT2D eigenvalue weighted by Crippen LogP contribution is 2.52. The van der Waals surface area contributed by atoms with Crippen LogP contribution in [0.3, 0.4) is 0 Å². The van der Waals surface area contributed by atoms with Crippen LogP contribution < -0.4 is 10.1 Å². The van der Waals surface area contributed by atoms with Crippen molar-refractivity contribution in [3.8, 4) is 5.75 Å². The molecular weight excluding hydrogens is 395 g/mol. The molecule has 0 spiro atoms. The lowest BCUT2D eigenvalue weighted by atomic mass is 9.65. The first-order chi connectivity index (χ1) is 14.5. The van der Waals surface area contributed by atoms with Crippen LogP contribution in [-0.4, -0.2) is 41.9 Å². The Morgan fingerprint density at radius 2 is 2.06 bits per heavy atom. The van der Waals surface area contributed by atoms with E-state index in [2.05, 4.69) is 31.0 Å². The molecule has 2 bridgehead atoms. The third-order valence-electron chi connectivity index (χ3n) is 7.57. The molecule has 0 radical (unpaired) electrons. The lowest BCUT2D eigenvalue weighted by Gasteiger charge is -2.39. The number of nitrogens with zero attached hydrogens (tertiary/aromatic N) is 1. The van der Waals surface area contributed by atoms with Crippen LogP contribution in [-0.2, 0) is 16.0 Å². The maximum Gasteiger partial charge on any atom is 0.222 e. The van der Waals surface area contributed by atoms with Gasteiger partial charge >= 0.3 is 0 Å². The number of halogens is 1. The Morgan fingerprint density at radius 3 is 2.74 bits per heavy atom. The van der Waals surface area contributed by atoms with Crippen molar-refractivity contribution in [2.45, 2.75) is 83.7 Å². The minimum absolute atomic E-state index is 0.0259. The molecule has 2 aliphatic heterocycles. The standard InChI is InChI=1S/C25H35FN2O3/c1-23(2)13-18-14-24(3,15-23)16-28(18)22(30)8-10-25(9-7-21(29)27-25)12-17-11-19(31-4)5-6-20(17)26/h5-6,11,18H,7-10,12-16H2,1-4H3,(H,27,29)/t18-,24-,25-/m0/s1. The monoisotopic (exact) mass is 430 g/mol. The second kappa shape index (κ2) is 7.79. The summed E-state index contributed by atoms with van der Waals surface area (Å²) in [5.41, 5.74) is 0.389. The van der Waals surface area contributed by atoms with Crippen LogP contribution in [0.2, 0.25) is 0 Å². The molecule has 2 heterocycles. The first kappa shape index (κ1) is 22.1. The van der Waals surface area contributed by atoms with Gasteiger partial charge in [0.1, 0.15) is 11.6 Å². The fraction of sp³-hybridized carbons (Fsp3) is 0.680. The van der Waals surface area contributed by atoms with Crippen LogP contribution in [0.4, 0.5) is 4.39 Å². The quantitative estimate of drug-likeness (QED) is 0.735. The van der Waals surface area contributed by atoms with Crippen LogP contribution in [0, 0.1) is 16.6 Å². The van der Waals surface area contributed by atoms with Gasteiger partial charge in [0.05, 0.1) is 7.11 Å². The van der Waals surface area contributed by atoms with E-state index >= 15 is 0 Å². The number of benzene rings is 1. The Balaban J connectivity index is 1.47. The van der Waals surface area contributed by atoms with Gasteiger partial charge in [-0.15, -0.1) is 0 Å². The summed E-state index contributed by atoms with van der Waals surface area (Å²) >= 11 is 0. The van der Waals surface area contributed by atoms with E-state index in [1.54, 1.807) is 19.2 Å². The molecule has 31 heavy (non-hydrogen) atoms. The van der Waals surface area contributed by atoms with Crippen molar-refractivity contribution in [2.75, 3.05) is 13.7 Å². The summed E-state index contributed by atoms with van der Waals surface area (Å²) in [5, 5.41) is 3.08. The molecule has 3 fully saturated rings. The molecule has 1 saturated carbocycles. The summed E-state index contributed by atoms with van der Waals surface area (Å²) in [6.07, 6.45) is 5.57. The smallest absolute Gasteiger partial charge is 0.222 e. The van der Waals surface area contributed by atoms with Gasteiger partial charge in [0.15, 0.2) is 0 Å². The van der Waals surface area contributed by atoms with Gasteiger partial charge in [-0.2, -0.15) is 0 Å². The van der Waals surface area contributed by atoms with Crippen LogP contribution >= 0.6 is 0 Å². The fourth-order valence-electron chi connectivity index (χ4n) is 6.60. The van der Waals surface area contributed by atoms with Gasteiger partial charge in [-0.05, 0) is 73.1 Å². The van der Waals surface area contributed by atoms with E-state index < -0.39 is 5.54 Å². The number of ether oxygens (including phenoxy) is 1. The largest absolute Gasteiger partial charge is 0.497 e. The lowest BCUT2D eigenvalue weighted by Crippen LogP contribution is -2.45. The van der Waals surface area contributed by atoms with Crippen molar-refractivity contribution in [2.24, 2.45) is 10.8 Å². The van der Waals surface area contributed by atoms with E-state index in [0.29, 0.717) is 49.5 Å². The number of amides is 2. The van der Waals surface area contributed by atoms with E-state index in [0.717, 1.165) is 25.8 Å². The van der Waals surface area contributed by atoms with E-state index in [1.165, 1.54) is 6.07 Å². The summed E-state index contributed by atoms with van der Waals surface area (Å²) in [4.78, 5) is 27.4. The molecular formula is C25H35FN2O3. The highest BCUT2D eigenvalue weighted by Gasteiger charge is 2.51. The number of carbonyl (C=O) groups is 2. The van der Waals surface area contributed by atoms with E-state index in [9.17, 15) is 14.0 Å². The maximum atomic E-state index is 14.5. The summed E-state index contributed by atoms with van der Waals surface area (Å²) in [6, 6.07) is 4.99. The number of hydrogen-bond acceptors (Lipinski definition) is 3. The Bertz CT molecular complexity index is 886. The first-order valence-electron chi connectivity index (χ1n) is 11.5. The highest BCUT2D eigenvalue weighted by molar-refractivity contribution is 5.80. The highest BCUT2D eigenvalue weighted by atomic mass is 19.1. The van der Waals surface area contributed by atoms with Gasteiger partial charge in [0.2, 0.25) is 11.8 Å². The zero-order valence-electron chi connectivity index (χ0n) is 19.2. The van der Waals surface area contributed by atoms with Crippen molar-refractivity contribution >= 4 is 11.8 Å². The summed E-state index contributed by atoms with van der Waals surface area (Å²) in [6.45, 7) is 7.73. The third kappa shape index (κ3) is 4.58. The lowest BCUT2D eigenvalue weighted by molar-refractivity contribution is -0.133. The van der Waals surface area contributed by atoms with Crippen molar-refractivity contribution in [3.63, 3.8) is 0 Å². The Morgan fingerprint density at radius 1 is 1.29 bits per heavy atom. The van der Waals surface area contributed by atoms with E-state index in [1.807, 2.05) is 0 Å². The van der Waals surface area contributed by atoms with Gasteiger partial charge < -0.3 is 15.0 Å². The number of methoxy groups -OCH3 is 1. The Kier molecular flexibility index (Phi) is 5.55. The van der Waals surface area contributed by atoms with Crippen molar-refractivity contribution in [1.82, 2.24) is 10.2 Å². The molecule has 1 aromatic rings. The summed E-state index contributed by atoms with van der Waals surface area (Å²) in [7, 11) is 1.55. The van der Waals surface area contributed by atoms with Gasteiger partial charge in [-0.3, -0.25) is 9.59 Å². The number of fused-ring (bicyclic) bond motifs is 2. The predicted octanol–water partition coefficient (Wildman–Crippen LogP) is 4.23. The number of likely N-dealkylation sites (tertiary alicyclic amines) is 1. The molecule has 1 aromatic carbocycles. The molecule has 3 aliphatic rings. The predicted molar refractivity (Wildman–Crippen MR) is 117 cm³/mol. The van der Waals surface area contributed by atoms with Crippen LogP contribution in [0.25, 0.3) is 0 Å². The number of rotatable bonds is 6. The molecule has 6 heteroatoms. The number of hydrogen-bond donors (Lipinski definition) is 1. The van der Waals surface area contributed by atoms with Gasteiger partial charge in [-0.25, -0.2) is 4.39 Å². The molecule has 1 aliphatic carbocycles. The van der Waals surface area contributed by atoms with Gasteiger partial charge in [0, 0.05) is 31.0 Å². The maximum absolute atomic E-state index is 14.5. The van der Waals surface area contributed by atoms with Crippen molar-refractivity contribution < 1.29 is 18.7 Å². The minimum Gasteiger partial charge on any atom is -0.497 e. The molecule has 2 amide bonds. The van der Waals surface area contributed by atoms with Crippen molar-refractivity contribution in [3.05, 3.63) is 29.6 Å². The molecule has 5 nitrogen and oxygen atoms in total. The molecule has 3 atom stereocenters. The third-order valence-corrected chi connectivity index (χ3v) is 7.57. The molecule has 4 rings (SSSR count). The second-order valence-electron chi connectivity index (χ2n) is 11.2. The Hall–Kier alpha value is -2.11. The average Bonchev–Trinajstić information content (AvgIpc) is 3.17. The SMILES string of the molecule is COc1ccc(F)c(C[C@@]2(CCC(=O)N3C[C@@]4(C)C[C@@H]3CC(C)(C)C4)CCC(=O)N2)c1. The minimum atomic E-state index is -0.585. The summed E-state index contributed by atoms with van der Waals surface area (Å²) < 4.78 is 19.7. The Labute approximate surface area is 184 Å². The average molecular weight is 431 g/mol. The second-order valence-corrected chi connectivity index (χ2v) is 11.2. The summed E-state index contributed by atoms with van der Waals surface area (Å²) in [5.74, 6) is 0.420. The number of carbonyl (C=O) groups excluding carboxylic acids is 2. The topological polar surface area (TPSA) is 58.6 Å². The molecule has 1 N–H and O–H groups in total. The van der Waals surface area contributed by atoms with Gasteiger partial charge in [0.25, 0.3) is 0 Å². The molecule has 0 aromatic heterocycles. The number of nitrogens with one attached hydrogen (secondary N) is 1. The first-order valence-corrected chi connectivity index (χ1v) is 11.5. The van der Waals surface area contributed by atoms with E-state index in [4.69, 9.17) is 4.74 Å². The zero-order chi connectivity index (χ0) is 22.4. The van der Waals surface area contributed by atoms with Crippen LogP contribution in [0.5, 0.6) is 5.75 Å². The fourth-order valence-corrected chi connectivity index (χ4v) is 6.60. The van der Waals surface area contributed by atoms with Crippen molar-refractivity contribution in [1.29, 1.82) is 0 Å². The zero-order valence-corrected chi connectivity index (χ0v) is 19.2.